The van der Waals surface area contributed by atoms with E-state index in [-0.39, 0.29) is 5.56 Å². The molecule has 22 heavy (non-hydrogen) atoms. The second-order valence-electron chi connectivity index (χ2n) is 6.34. The fraction of sp³-hybridized carbons (Fsp3) is 0.571. The van der Waals surface area contributed by atoms with Crippen LogP contribution < -0.4 is 0 Å². The molecule has 1 aliphatic rings. The normalized spacial score (nSPS) is 20.9. The van der Waals surface area contributed by atoms with Gasteiger partial charge in [-0.25, -0.2) is 0 Å². The van der Waals surface area contributed by atoms with E-state index < -0.39 is 48.4 Å². The van der Waals surface area contributed by atoms with Crippen molar-refractivity contribution in [3.05, 3.63) is 29.6 Å². The minimum Gasteiger partial charge on any atom is -0.481 e. The average molecular weight is 313 g/mol. The molecule has 0 bridgehead atoms. The Bertz CT molecular complexity index is 578. The minimum atomic E-state index is -1.14. The van der Waals surface area contributed by atoms with Crippen LogP contribution in [-0.4, -0.2) is 34.4 Å². The van der Waals surface area contributed by atoms with Crippen LogP contribution in [0.25, 0.3) is 0 Å². The number of carboxylic acid groups (broad SMARTS) is 1. The molecule has 2 heterocycles. The Hall–Kier alpha value is -1.54. The van der Waals surface area contributed by atoms with Gasteiger partial charge in [-0.15, -0.1) is 0 Å². The van der Waals surface area contributed by atoms with Crippen LogP contribution in [0.3, 0.4) is 0 Å². The molecule has 1 saturated heterocycles. The van der Waals surface area contributed by atoms with Crippen molar-refractivity contribution in [3.63, 3.8) is 0 Å². The van der Waals surface area contributed by atoms with Crippen LogP contribution in [0, 0.1) is 11.9 Å². The average Bonchev–Trinajstić information content (AvgIpc) is 2.56. The molecule has 1 unspecified atom stereocenters. The smallest absolute Gasteiger partial charge is 0.466 e. The molecule has 8 heteroatoms. The number of halogens is 2. The van der Waals surface area contributed by atoms with E-state index in [0.29, 0.717) is 0 Å². The highest BCUT2D eigenvalue weighted by molar-refractivity contribution is 6.48. The molecule has 120 valence electrons. The monoisotopic (exact) mass is 313 g/mol. The van der Waals surface area contributed by atoms with Gasteiger partial charge in [-0.2, -0.15) is 13.8 Å². The topological polar surface area (TPSA) is 68.7 Å². The molecule has 0 radical (unpaired) electrons. The summed E-state index contributed by atoms with van der Waals surface area (Å²) < 4.78 is 38.5. The van der Waals surface area contributed by atoms with Crippen LogP contribution in [0.15, 0.2) is 12.1 Å². The Kier molecular flexibility index (Phi) is 4.27. The molecule has 0 amide bonds. The maximum atomic E-state index is 13.9. The maximum Gasteiger partial charge on any atom is 0.466 e. The number of nitrogens with zero attached hydrogens (tertiary/aromatic N) is 1. The van der Waals surface area contributed by atoms with Crippen molar-refractivity contribution in [1.82, 2.24) is 4.98 Å². The van der Waals surface area contributed by atoms with Crippen molar-refractivity contribution < 1.29 is 28.0 Å². The van der Waals surface area contributed by atoms with Crippen molar-refractivity contribution >= 4 is 13.1 Å². The number of carboxylic acids is 1. The summed E-state index contributed by atoms with van der Waals surface area (Å²) in [6.07, 6.45) is -0.416. The fourth-order valence-electron chi connectivity index (χ4n) is 2.29. The van der Waals surface area contributed by atoms with Crippen molar-refractivity contribution in [2.24, 2.45) is 0 Å². The van der Waals surface area contributed by atoms with Gasteiger partial charge in [-0.05, 0) is 33.8 Å². The molecule has 1 fully saturated rings. The van der Waals surface area contributed by atoms with Gasteiger partial charge in [0.15, 0.2) is 0 Å². The van der Waals surface area contributed by atoms with E-state index in [1.54, 1.807) is 0 Å². The van der Waals surface area contributed by atoms with Crippen LogP contribution in [0.4, 0.5) is 8.78 Å². The third kappa shape index (κ3) is 3.12. The molecule has 0 aliphatic carbocycles. The van der Waals surface area contributed by atoms with Gasteiger partial charge in [-0.1, -0.05) is 6.07 Å². The van der Waals surface area contributed by atoms with Gasteiger partial charge in [0.2, 0.25) is 11.9 Å². The third-order valence-electron chi connectivity index (χ3n) is 4.24. The lowest BCUT2D eigenvalue weighted by atomic mass is 9.66. The summed E-state index contributed by atoms with van der Waals surface area (Å²) in [5.74, 6) is -4.08. The SMILES string of the molecule is CC1(C)OB(C(CC(=O)O)c2ccc(F)nc2F)OC1(C)C. The summed E-state index contributed by atoms with van der Waals surface area (Å²) in [7, 11) is -0.956. The Morgan fingerprint density at radius 1 is 1.27 bits per heavy atom. The molecular weight excluding hydrogens is 295 g/mol. The fourth-order valence-corrected chi connectivity index (χ4v) is 2.29. The second kappa shape index (κ2) is 5.59. The van der Waals surface area contributed by atoms with Gasteiger partial charge in [0.1, 0.15) is 0 Å². The Balaban J connectivity index is 2.38. The summed E-state index contributed by atoms with van der Waals surface area (Å²) in [6.45, 7) is 7.24. The highest BCUT2D eigenvalue weighted by atomic mass is 19.1. The molecule has 0 spiro atoms. The summed E-state index contributed by atoms with van der Waals surface area (Å²) in [5, 5.41) is 9.08. The minimum absolute atomic E-state index is 0.0395. The molecule has 1 aromatic heterocycles. The first-order valence-corrected chi connectivity index (χ1v) is 6.93. The highest BCUT2D eigenvalue weighted by Crippen LogP contribution is 2.42. The maximum absolute atomic E-state index is 13.9. The first-order chi connectivity index (χ1) is 10.0. The number of aliphatic carboxylic acids is 1. The molecule has 0 aromatic carbocycles. The lowest BCUT2D eigenvalue weighted by molar-refractivity contribution is -0.137. The van der Waals surface area contributed by atoms with E-state index in [9.17, 15) is 13.6 Å². The lowest BCUT2D eigenvalue weighted by Crippen LogP contribution is -2.41. The van der Waals surface area contributed by atoms with Crippen LogP contribution in [0.5, 0.6) is 0 Å². The van der Waals surface area contributed by atoms with Crippen molar-refractivity contribution in [2.45, 2.75) is 51.1 Å². The summed E-state index contributed by atoms with van der Waals surface area (Å²) in [6, 6.07) is 2.16. The van der Waals surface area contributed by atoms with E-state index in [2.05, 4.69) is 4.98 Å². The first-order valence-electron chi connectivity index (χ1n) is 6.93. The van der Waals surface area contributed by atoms with Crippen LogP contribution in [-0.2, 0) is 14.1 Å². The lowest BCUT2D eigenvalue weighted by Gasteiger charge is -2.32. The van der Waals surface area contributed by atoms with Crippen molar-refractivity contribution in [3.8, 4) is 0 Å². The zero-order valence-electron chi connectivity index (χ0n) is 12.9. The summed E-state index contributed by atoms with van der Waals surface area (Å²) in [4.78, 5) is 14.2. The van der Waals surface area contributed by atoms with Gasteiger partial charge in [-0.3, -0.25) is 4.79 Å². The van der Waals surface area contributed by atoms with E-state index in [4.69, 9.17) is 14.4 Å². The molecular formula is C14H18BF2NO4. The van der Waals surface area contributed by atoms with Crippen molar-refractivity contribution in [1.29, 1.82) is 0 Å². The van der Waals surface area contributed by atoms with E-state index >= 15 is 0 Å². The molecule has 1 atom stereocenters. The van der Waals surface area contributed by atoms with Gasteiger partial charge < -0.3 is 14.4 Å². The summed E-state index contributed by atoms with van der Waals surface area (Å²) >= 11 is 0. The van der Waals surface area contributed by atoms with Gasteiger partial charge in [0, 0.05) is 11.4 Å². The first kappa shape index (κ1) is 16.8. The number of aromatic nitrogens is 1. The third-order valence-corrected chi connectivity index (χ3v) is 4.24. The van der Waals surface area contributed by atoms with Crippen LogP contribution in [0.2, 0.25) is 0 Å². The molecule has 1 aliphatic heterocycles. The van der Waals surface area contributed by atoms with Crippen LogP contribution in [0.1, 0.15) is 45.5 Å². The zero-order valence-corrected chi connectivity index (χ0v) is 12.9. The van der Waals surface area contributed by atoms with E-state index in [1.807, 2.05) is 27.7 Å². The number of pyridine rings is 1. The Labute approximate surface area is 127 Å². The predicted octanol–water partition coefficient (Wildman–Crippen LogP) is 2.55. The number of hydrogen-bond donors (Lipinski definition) is 1. The predicted molar refractivity (Wildman–Crippen MR) is 75.2 cm³/mol. The van der Waals surface area contributed by atoms with E-state index in [1.165, 1.54) is 6.07 Å². The molecule has 0 saturated carbocycles. The van der Waals surface area contributed by atoms with Gasteiger partial charge in [0.25, 0.3) is 0 Å². The van der Waals surface area contributed by atoms with E-state index in [0.717, 1.165) is 6.07 Å². The number of hydrogen-bond acceptors (Lipinski definition) is 4. The quantitative estimate of drug-likeness (QED) is 0.683. The number of carbonyl (C=O) groups is 1. The standard InChI is InChI=1S/C14H18BF2NO4/c1-13(2)14(3,4)22-15(21-13)9(7-11(19)20)8-5-6-10(16)18-12(8)17/h5-6,9H,7H2,1-4H3,(H,19,20). The summed E-state index contributed by atoms with van der Waals surface area (Å²) in [5.41, 5.74) is -1.40. The van der Waals surface area contributed by atoms with Crippen molar-refractivity contribution in [2.75, 3.05) is 0 Å². The van der Waals surface area contributed by atoms with Gasteiger partial charge in [0.05, 0.1) is 17.6 Å². The second-order valence-corrected chi connectivity index (χ2v) is 6.34. The molecule has 5 nitrogen and oxygen atoms in total. The molecule has 1 N–H and O–H groups in total. The number of rotatable bonds is 4. The largest absolute Gasteiger partial charge is 0.481 e. The highest BCUT2D eigenvalue weighted by Gasteiger charge is 2.54. The Morgan fingerprint density at radius 3 is 2.27 bits per heavy atom. The zero-order chi connectivity index (χ0) is 16.7. The molecule has 1 aromatic rings. The Morgan fingerprint density at radius 2 is 1.82 bits per heavy atom. The van der Waals surface area contributed by atoms with Crippen LogP contribution >= 0.6 is 0 Å². The molecule has 2 rings (SSSR count). The van der Waals surface area contributed by atoms with Gasteiger partial charge >= 0.3 is 13.1 Å².